The molecule has 0 saturated carbocycles. The molecule has 1 aromatic rings. The van der Waals surface area contributed by atoms with Gasteiger partial charge >= 0.3 is 5.97 Å². The molecule has 11 heavy (non-hydrogen) atoms. The minimum absolute atomic E-state index is 0.196. The van der Waals surface area contributed by atoms with Crippen molar-refractivity contribution < 1.29 is 14.6 Å². The predicted octanol–water partition coefficient (Wildman–Crippen LogP) is -0.381. The van der Waals surface area contributed by atoms with Crippen molar-refractivity contribution in [2.75, 3.05) is 7.11 Å². The highest BCUT2D eigenvalue weighted by molar-refractivity contribution is 5.86. The van der Waals surface area contributed by atoms with Crippen LogP contribution in [0.4, 0.5) is 0 Å². The first-order chi connectivity index (χ1) is 5.27. The maximum atomic E-state index is 10.8. The fourth-order valence-corrected chi connectivity index (χ4v) is 0.654. The molecule has 0 spiro atoms. The van der Waals surface area contributed by atoms with E-state index in [4.69, 9.17) is 5.11 Å². The summed E-state index contributed by atoms with van der Waals surface area (Å²) in [4.78, 5) is 10.8. The second-order valence-electron chi connectivity index (χ2n) is 1.87. The van der Waals surface area contributed by atoms with Gasteiger partial charge in [-0.3, -0.25) is 0 Å². The topological polar surface area (TPSA) is 64.3 Å². The largest absolute Gasteiger partial charge is 0.464 e. The van der Waals surface area contributed by atoms with E-state index < -0.39 is 5.97 Å². The van der Waals surface area contributed by atoms with Gasteiger partial charge in [0.25, 0.3) is 0 Å². The Balaban J connectivity index is 2.80. The number of aromatic nitrogens is 2. The molecule has 0 aromatic carbocycles. The molecule has 0 unspecified atom stereocenters. The van der Waals surface area contributed by atoms with Crippen LogP contribution < -0.4 is 0 Å². The summed E-state index contributed by atoms with van der Waals surface area (Å²) >= 11 is 0. The average molecular weight is 156 g/mol. The number of aliphatic hydroxyl groups excluding tert-OH is 1. The summed E-state index contributed by atoms with van der Waals surface area (Å²) < 4.78 is 5.63. The Labute approximate surface area is 63.2 Å². The second kappa shape index (κ2) is 3.16. The van der Waals surface area contributed by atoms with Crippen LogP contribution in [0.5, 0.6) is 0 Å². The van der Waals surface area contributed by atoms with Crippen molar-refractivity contribution in [3.8, 4) is 0 Å². The molecule has 0 radical (unpaired) electrons. The van der Waals surface area contributed by atoms with Crippen LogP contribution in [0.2, 0.25) is 0 Å². The summed E-state index contributed by atoms with van der Waals surface area (Å²) in [6, 6.07) is 1.47. The highest BCUT2D eigenvalue weighted by Crippen LogP contribution is 1.96. The minimum Gasteiger partial charge on any atom is -0.464 e. The molecule has 0 saturated heterocycles. The normalized spacial score (nSPS) is 9.64. The van der Waals surface area contributed by atoms with E-state index in [2.05, 4.69) is 9.84 Å². The van der Waals surface area contributed by atoms with Crippen LogP contribution in [0.15, 0.2) is 12.3 Å². The zero-order chi connectivity index (χ0) is 8.27. The first-order valence-electron chi connectivity index (χ1n) is 3.00. The van der Waals surface area contributed by atoms with Gasteiger partial charge in [0, 0.05) is 6.20 Å². The summed E-state index contributed by atoms with van der Waals surface area (Å²) in [5, 5.41) is 12.2. The van der Waals surface area contributed by atoms with E-state index in [1.165, 1.54) is 24.1 Å². The van der Waals surface area contributed by atoms with Gasteiger partial charge < -0.3 is 9.84 Å². The van der Waals surface area contributed by atoms with Crippen LogP contribution in [-0.4, -0.2) is 28.0 Å². The Hall–Kier alpha value is -1.36. The summed E-state index contributed by atoms with van der Waals surface area (Å²) in [5.41, 5.74) is 0.196. The second-order valence-corrected chi connectivity index (χ2v) is 1.87. The van der Waals surface area contributed by atoms with Crippen LogP contribution in [0.1, 0.15) is 10.5 Å². The van der Waals surface area contributed by atoms with E-state index in [1.54, 1.807) is 0 Å². The molecule has 0 amide bonds. The zero-order valence-electron chi connectivity index (χ0n) is 6.02. The van der Waals surface area contributed by atoms with Gasteiger partial charge in [0.05, 0.1) is 7.11 Å². The van der Waals surface area contributed by atoms with E-state index in [-0.39, 0.29) is 12.4 Å². The van der Waals surface area contributed by atoms with Crippen LogP contribution in [0.3, 0.4) is 0 Å². The lowest BCUT2D eigenvalue weighted by Crippen LogP contribution is -2.04. The van der Waals surface area contributed by atoms with E-state index in [0.29, 0.717) is 0 Å². The lowest BCUT2D eigenvalue weighted by molar-refractivity contribution is 0.0591. The molecule has 0 aliphatic rings. The number of rotatable bonds is 2. The maximum Gasteiger partial charge on any atom is 0.358 e. The molecule has 0 atom stereocenters. The molecule has 0 aliphatic heterocycles. The summed E-state index contributed by atoms with van der Waals surface area (Å²) in [6.07, 6.45) is 1.49. The van der Waals surface area contributed by atoms with Gasteiger partial charge in [-0.25, -0.2) is 9.48 Å². The predicted molar refractivity (Wildman–Crippen MR) is 35.8 cm³/mol. The quantitative estimate of drug-likeness (QED) is 0.593. The van der Waals surface area contributed by atoms with E-state index >= 15 is 0 Å². The van der Waals surface area contributed by atoms with Gasteiger partial charge in [0.1, 0.15) is 6.73 Å². The smallest absolute Gasteiger partial charge is 0.358 e. The lowest BCUT2D eigenvalue weighted by atomic mass is 10.4. The number of esters is 1. The van der Waals surface area contributed by atoms with E-state index in [1.807, 2.05) is 0 Å². The number of aliphatic hydroxyl groups is 1. The number of carbonyl (C=O) groups excluding carboxylic acids is 1. The Morgan fingerprint density at radius 1 is 1.91 bits per heavy atom. The molecule has 0 fully saturated rings. The molecule has 5 heteroatoms. The van der Waals surface area contributed by atoms with Gasteiger partial charge in [0.2, 0.25) is 0 Å². The first-order valence-corrected chi connectivity index (χ1v) is 3.00. The minimum atomic E-state index is -0.503. The van der Waals surface area contributed by atoms with E-state index in [0.717, 1.165) is 0 Å². The third kappa shape index (κ3) is 1.56. The number of ether oxygens (including phenoxy) is 1. The third-order valence-electron chi connectivity index (χ3n) is 1.18. The number of hydrogen-bond donors (Lipinski definition) is 1. The van der Waals surface area contributed by atoms with Crippen molar-refractivity contribution in [3.05, 3.63) is 18.0 Å². The third-order valence-corrected chi connectivity index (χ3v) is 1.18. The van der Waals surface area contributed by atoms with Gasteiger partial charge in [0.15, 0.2) is 5.69 Å². The van der Waals surface area contributed by atoms with Gasteiger partial charge in [-0.15, -0.1) is 0 Å². The number of methoxy groups -OCH3 is 1. The zero-order valence-corrected chi connectivity index (χ0v) is 6.02. The molecule has 5 nitrogen and oxygen atoms in total. The summed E-state index contributed by atoms with van der Waals surface area (Å²) in [5.74, 6) is -0.503. The standard InChI is InChI=1S/C6H8N2O3/c1-11-6(10)5-2-3-8(4-9)7-5/h2-3,9H,4H2,1H3. The van der Waals surface area contributed by atoms with Crippen molar-refractivity contribution in [2.45, 2.75) is 6.73 Å². The van der Waals surface area contributed by atoms with Crippen LogP contribution >= 0.6 is 0 Å². The Bertz CT molecular complexity index is 256. The maximum absolute atomic E-state index is 10.8. The molecular weight excluding hydrogens is 148 g/mol. The molecule has 0 aliphatic carbocycles. The number of nitrogens with zero attached hydrogens (tertiary/aromatic N) is 2. The Morgan fingerprint density at radius 2 is 2.64 bits per heavy atom. The van der Waals surface area contributed by atoms with Crippen LogP contribution in [0.25, 0.3) is 0 Å². The molecule has 1 heterocycles. The van der Waals surface area contributed by atoms with Crippen LogP contribution in [-0.2, 0) is 11.5 Å². The first kappa shape index (κ1) is 7.74. The molecule has 1 N–H and O–H groups in total. The summed E-state index contributed by atoms with van der Waals surface area (Å²) in [6.45, 7) is -0.239. The van der Waals surface area contributed by atoms with Crippen molar-refractivity contribution in [1.29, 1.82) is 0 Å². The molecule has 0 bridgehead atoms. The Kier molecular flexibility index (Phi) is 2.22. The van der Waals surface area contributed by atoms with Gasteiger partial charge in [-0.05, 0) is 6.07 Å². The number of carbonyl (C=O) groups is 1. The molecule has 1 aromatic heterocycles. The van der Waals surface area contributed by atoms with Crippen molar-refractivity contribution in [1.82, 2.24) is 9.78 Å². The average Bonchev–Trinajstić information content (AvgIpc) is 2.50. The molecule has 60 valence electrons. The summed E-state index contributed by atoms with van der Waals surface area (Å²) in [7, 11) is 1.28. The highest BCUT2D eigenvalue weighted by Gasteiger charge is 2.07. The van der Waals surface area contributed by atoms with Crippen molar-refractivity contribution in [3.63, 3.8) is 0 Å². The Morgan fingerprint density at radius 3 is 3.09 bits per heavy atom. The fourth-order valence-electron chi connectivity index (χ4n) is 0.654. The highest BCUT2D eigenvalue weighted by atomic mass is 16.5. The monoisotopic (exact) mass is 156 g/mol. The van der Waals surface area contributed by atoms with Crippen molar-refractivity contribution >= 4 is 5.97 Å². The van der Waals surface area contributed by atoms with Gasteiger partial charge in [-0.1, -0.05) is 0 Å². The molecular formula is C6H8N2O3. The lowest BCUT2D eigenvalue weighted by Gasteiger charge is -1.92. The van der Waals surface area contributed by atoms with Gasteiger partial charge in [-0.2, -0.15) is 5.10 Å². The van der Waals surface area contributed by atoms with Crippen LogP contribution in [0, 0.1) is 0 Å². The number of hydrogen-bond acceptors (Lipinski definition) is 4. The van der Waals surface area contributed by atoms with Crippen molar-refractivity contribution in [2.24, 2.45) is 0 Å². The van der Waals surface area contributed by atoms with E-state index in [9.17, 15) is 4.79 Å². The molecule has 1 rings (SSSR count). The SMILES string of the molecule is COC(=O)c1ccn(CO)n1. The fraction of sp³-hybridized carbons (Fsp3) is 0.333.